The third kappa shape index (κ3) is 2.77. The number of pyridine rings is 1. The van der Waals surface area contributed by atoms with E-state index in [2.05, 4.69) is 36.2 Å². The van der Waals surface area contributed by atoms with Crippen molar-refractivity contribution in [3.8, 4) is 0 Å². The minimum absolute atomic E-state index is 0.861. The quantitative estimate of drug-likeness (QED) is 0.860. The van der Waals surface area contributed by atoms with Crippen LogP contribution in [0.25, 0.3) is 11.1 Å². The highest BCUT2D eigenvalue weighted by molar-refractivity contribution is 5.78. The Morgan fingerprint density at radius 3 is 2.88 bits per heavy atom. The summed E-state index contributed by atoms with van der Waals surface area (Å²) in [6.07, 6.45) is 2.74. The molecule has 2 aromatic rings. The minimum Gasteiger partial charge on any atom is -0.462 e. The first kappa shape index (κ1) is 11.9. The lowest BCUT2D eigenvalue weighted by Gasteiger charge is -2.10. The van der Waals surface area contributed by atoms with Gasteiger partial charge in [-0.2, -0.15) is 0 Å². The maximum absolute atomic E-state index is 5.44. The molecule has 0 aliphatic heterocycles. The summed E-state index contributed by atoms with van der Waals surface area (Å²) in [6, 6.07) is 3.93. The number of aromatic nitrogens is 1. The highest BCUT2D eigenvalue weighted by Gasteiger charge is 2.06. The molecule has 2 heterocycles. The first-order valence-electron chi connectivity index (χ1n) is 5.96. The van der Waals surface area contributed by atoms with Gasteiger partial charge in [0.25, 0.3) is 0 Å². The third-order valence-electron chi connectivity index (χ3n) is 2.74. The number of hydrogen-bond acceptors (Lipinski definition) is 4. The number of furan rings is 1. The van der Waals surface area contributed by atoms with E-state index in [9.17, 15) is 0 Å². The van der Waals surface area contributed by atoms with Gasteiger partial charge in [-0.15, -0.1) is 0 Å². The second-order valence-electron chi connectivity index (χ2n) is 4.39. The van der Waals surface area contributed by atoms with Crippen LogP contribution in [0.2, 0.25) is 0 Å². The Morgan fingerprint density at radius 2 is 2.18 bits per heavy atom. The summed E-state index contributed by atoms with van der Waals surface area (Å²) in [4.78, 5) is 6.72. The number of hydrogen-bond donors (Lipinski definition) is 1. The number of aryl methyl sites for hydroxylation is 1. The summed E-state index contributed by atoms with van der Waals surface area (Å²) in [5.41, 5.74) is 3.00. The lowest BCUT2D eigenvalue weighted by Crippen LogP contribution is -2.21. The molecular formula is C13H19N3O. The van der Waals surface area contributed by atoms with Gasteiger partial charge in [0.2, 0.25) is 0 Å². The predicted molar refractivity (Wildman–Crippen MR) is 70.4 cm³/mol. The second kappa shape index (κ2) is 5.19. The minimum atomic E-state index is 0.861. The van der Waals surface area contributed by atoms with E-state index in [4.69, 9.17) is 4.42 Å². The van der Waals surface area contributed by atoms with Crippen LogP contribution in [-0.2, 0) is 6.42 Å². The molecule has 0 radical (unpaired) electrons. The average Bonchev–Trinajstić information content (AvgIpc) is 2.70. The van der Waals surface area contributed by atoms with E-state index in [1.165, 1.54) is 0 Å². The average molecular weight is 233 g/mol. The number of nitrogens with one attached hydrogen (secondary N) is 1. The molecule has 0 aliphatic rings. The van der Waals surface area contributed by atoms with E-state index in [-0.39, 0.29) is 0 Å². The molecule has 0 unspecified atom stereocenters. The van der Waals surface area contributed by atoms with Crippen molar-refractivity contribution in [2.75, 3.05) is 32.5 Å². The van der Waals surface area contributed by atoms with Crippen LogP contribution in [0.1, 0.15) is 12.5 Å². The van der Waals surface area contributed by atoms with Crippen molar-refractivity contribution in [1.29, 1.82) is 0 Å². The Balaban J connectivity index is 2.13. The van der Waals surface area contributed by atoms with Gasteiger partial charge in [-0.05, 0) is 32.6 Å². The van der Waals surface area contributed by atoms with Gasteiger partial charge < -0.3 is 14.6 Å². The Kier molecular flexibility index (Phi) is 3.64. The van der Waals surface area contributed by atoms with Gasteiger partial charge in [0, 0.05) is 18.7 Å². The number of nitrogens with zero attached hydrogens (tertiary/aromatic N) is 2. The molecule has 17 heavy (non-hydrogen) atoms. The normalized spacial score (nSPS) is 11.3. The summed E-state index contributed by atoms with van der Waals surface area (Å²) >= 11 is 0. The smallest absolute Gasteiger partial charge is 0.152 e. The van der Waals surface area contributed by atoms with E-state index in [0.717, 1.165) is 42.0 Å². The topological polar surface area (TPSA) is 41.3 Å². The van der Waals surface area contributed by atoms with Gasteiger partial charge in [-0.3, -0.25) is 0 Å². The fraction of sp³-hybridized carbons (Fsp3) is 0.462. The fourth-order valence-electron chi connectivity index (χ4n) is 1.72. The molecule has 1 N–H and O–H groups in total. The molecule has 2 aromatic heterocycles. The van der Waals surface area contributed by atoms with Crippen LogP contribution >= 0.6 is 0 Å². The molecule has 4 nitrogen and oxygen atoms in total. The molecule has 92 valence electrons. The van der Waals surface area contributed by atoms with Crippen LogP contribution < -0.4 is 5.32 Å². The SMILES string of the molecule is CCc1coc2ccc(NCCN(C)C)nc12. The monoisotopic (exact) mass is 233 g/mol. The zero-order valence-electron chi connectivity index (χ0n) is 10.7. The van der Waals surface area contributed by atoms with Crippen molar-refractivity contribution < 1.29 is 4.42 Å². The molecule has 0 aromatic carbocycles. The zero-order chi connectivity index (χ0) is 12.3. The lowest BCUT2D eigenvalue weighted by molar-refractivity contribution is 0.425. The molecule has 0 fully saturated rings. The van der Waals surface area contributed by atoms with Gasteiger partial charge in [-0.1, -0.05) is 6.92 Å². The van der Waals surface area contributed by atoms with Crippen LogP contribution in [0.3, 0.4) is 0 Å². The van der Waals surface area contributed by atoms with Crippen molar-refractivity contribution in [3.05, 3.63) is 24.0 Å². The van der Waals surface area contributed by atoms with Crippen molar-refractivity contribution in [2.45, 2.75) is 13.3 Å². The molecule has 0 atom stereocenters. The van der Waals surface area contributed by atoms with Crippen LogP contribution in [0.15, 0.2) is 22.8 Å². The van der Waals surface area contributed by atoms with E-state index in [1.807, 2.05) is 12.1 Å². The Labute approximate surface area is 102 Å². The Morgan fingerprint density at radius 1 is 1.35 bits per heavy atom. The summed E-state index contributed by atoms with van der Waals surface area (Å²) in [7, 11) is 4.12. The van der Waals surface area contributed by atoms with Crippen LogP contribution in [0.5, 0.6) is 0 Å². The van der Waals surface area contributed by atoms with Crippen molar-refractivity contribution in [3.63, 3.8) is 0 Å². The van der Waals surface area contributed by atoms with E-state index in [0.29, 0.717) is 0 Å². The molecule has 4 heteroatoms. The number of rotatable bonds is 5. The molecular weight excluding hydrogens is 214 g/mol. The summed E-state index contributed by atoms with van der Waals surface area (Å²) < 4.78 is 5.44. The Bertz CT molecular complexity index is 490. The van der Waals surface area contributed by atoms with Crippen molar-refractivity contribution >= 4 is 16.9 Å². The predicted octanol–water partition coefficient (Wildman–Crippen LogP) is 2.36. The van der Waals surface area contributed by atoms with Crippen LogP contribution in [-0.4, -0.2) is 37.1 Å². The number of fused-ring (bicyclic) bond motifs is 1. The first-order valence-corrected chi connectivity index (χ1v) is 5.96. The van der Waals surface area contributed by atoms with Crippen LogP contribution in [0.4, 0.5) is 5.82 Å². The maximum atomic E-state index is 5.44. The lowest BCUT2D eigenvalue weighted by atomic mass is 10.2. The van der Waals surface area contributed by atoms with E-state index in [1.54, 1.807) is 6.26 Å². The summed E-state index contributed by atoms with van der Waals surface area (Å²) in [5.74, 6) is 0.912. The first-order chi connectivity index (χ1) is 8.20. The molecule has 0 bridgehead atoms. The van der Waals surface area contributed by atoms with Crippen molar-refractivity contribution in [2.24, 2.45) is 0 Å². The largest absolute Gasteiger partial charge is 0.462 e. The number of anilines is 1. The van der Waals surface area contributed by atoms with Crippen molar-refractivity contribution in [1.82, 2.24) is 9.88 Å². The van der Waals surface area contributed by atoms with Gasteiger partial charge in [0.15, 0.2) is 5.58 Å². The number of likely N-dealkylation sites (N-methyl/N-ethyl adjacent to an activating group) is 1. The third-order valence-corrected chi connectivity index (χ3v) is 2.74. The van der Waals surface area contributed by atoms with Gasteiger partial charge in [-0.25, -0.2) is 4.98 Å². The maximum Gasteiger partial charge on any atom is 0.152 e. The van der Waals surface area contributed by atoms with Crippen LogP contribution in [0, 0.1) is 0 Å². The van der Waals surface area contributed by atoms with E-state index < -0.39 is 0 Å². The zero-order valence-corrected chi connectivity index (χ0v) is 10.7. The second-order valence-corrected chi connectivity index (χ2v) is 4.39. The summed E-state index contributed by atoms with van der Waals surface area (Å²) in [6.45, 7) is 3.99. The fourth-order valence-corrected chi connectivity index (χ4v) is 1.72. The van der Waals surface area contributed by atoms with E-state index >= 15 is 0 Å². The molecule has 0 amide bonds. The highest BCUT2D eigenvalue weighted by atomic mass is 16.3. The van der Waals surface area contributed by atoms with Gasteiger partial charge >= 0.3 is 0 Å². The van der Waals surface area contributed by atoms with Gasteiger partial charge in [0.1, 0.15) is 11.3 Å². The molecule has 0 spiro atoms. The highest BCUT2D eigenvalue weighted by Crippen LogP contribution is 2.21. The van der Waals surface area contributed by atoms with Gasteiger partial charge in [0.05, 0.1) is 6.26 Å². The molecule has 0 saturated heterocycles. The molecule has 2 rings (SSSR count). The standard InChI is InChI=1S/C13H19N3O/c1-4-10-9-17-11-5-6-12(15-13(10)11)14-7-8-16(2)3/h5-6,9H,4,7-8H2,1-3H3,(H,14,15). The molecule has 0 aliphatic carbocycles. The Hall–Kier alpha value is -1.55. The molecule has 0 saturated carbocycles. The summed E-state index contributed by atoms with van der Waals surface area (Å²) in [5, 5.41) is 3.31.